The zero-order valence-corrected chi connectivity index (χ0v) is 17.1. The normalized spacial score (nSPS) is 16.2. The molecule has 142 valence electrons. The van der Waals surface area contributed by atoms with Crippen molar-refractivity contribution in [3.8, 4) is 11.5 Å². The number of ether oxygens (including phenoxy) is 3. The van der Waals surface area contributed by atoms with Gasteiger partial charge in [0.05, 0.1) is 17.7 Å². The van der Waals surface area contributed by atoms with Gasteiger partial charge in [0.1, 0.15) is 6.61 Å². The molecule has 0 spiro atoms. The Bertz CT molecular complexity index is 682. The summed E-state index contributed by atoms with van der Waals surface area (Å²) in [6, 6.07) is 7.94. The number of pyridine rings is 1. The quantitative estimate of drug-likeness (QED) is 0.652. The molecule has 1 aromatic heterocycles. The summed E-state index contributed by atoms with van der Waals surface area (Å²) in [5, 5.41) is 3.45. The summed E-state index contributed by atoms with van der Waals surface area (Å²) in [7, 11) is 1.66. The lowest BCUT2D eigenvalue weighted by molar-refractivity contribution is -0.00000692. The van der Waals surface area contributed by atoms with Gasteiger partial charge in [0, 0.05) is 37.7 Å². The van der Waals surface area contributed by atoms with Crippen LogP contribution in [0, 0.1) is 0 Å². The molecule has 5 nitrogen and oxygen atoms in total. The van der Waals surface area contributed by atoms with Crippen molar-refractivity contribution in [2.45, 2.75) is 32.1 Å². The number of halogens is 2. The molecule has 1 saturated heterocycles. The summed E-state index contributed by atoms with van der Waals surface area (Å²) in [5.41, 5.74) is 2.15. The van der Waals surface area contributed by atoms with Gasteiger partial charge < -0.3 is 31.9 Å². The van der Waals surface area contributed by atoms with Gasteiger partial charge >= 0.3 is 0 Å². The largest absolute Gasteiger partial charge is 1.00 e. The molecule has 1 aromatic carbocycles. The highest BCUT2D eigenvalue weighted by molar-refractivity contribution is 9.10. The highest BCUT2D eigenvalue weighted by atomic mass is 79.9. The summed E-state index contributed by atoms with van der Waals surface area (Å²) in [6.45, 7) is 2.96. The zero-order chi connectivity index (χ0) is 17.5. The van der Waals surface area contributed by atoms with Crippen molar-refractivity contribution in [3.05, 3.63) is 52.3 Å². The third-order valence-electron chi connectivity index (χ3n) is 4.12. The fourth-order valence-electron chi connectivity index (χ4n) is 2.84. The number of hydrogen-bond donors (Lipinski definition) is 1. The Labute approximate surface area is 169 Å². The van der Waals surface area contributed by atoms with E-state index in [0.29, 0.717) is 24.2 Å². The topological polar surface area (TPSA) is 52.6 Å². The monoisotopic (exact) mass is 441 g/mol. The molecule has 1 aliphatic rings. The molecule has 1 unspecified atom stereocenters. The molecule has 7 heteroatoms. The van der Waals surface area contributed by atoms with Gasteiger partial charge in [-0.15, -0.1) is 0 Å². The van der Waals surface area contributed by atoms with Gasteiger partial charge in [-0.25, -0.2) is 0 Å². The number of nitrogens with one attached hydrogen (secondary N) is 1. The van der Waals surface area contributed by atoms with Crippen LogP contribution in [0.15, 0.2) is 41.1 Å². The molecule has 0 radical (unpaired) electrons. The summed E-state index contributed by atoms with van der Waals surface area (Å²) in [6.07, 6.45) is 6.19. The molecule has 1 N–H and O–H groups in total. The van der Waals surface area contributed by atoms with Crippen LogP contribution in [0.4, 0.5) is 0 Å². The minimum Gasteiger partial charge on any atom is -1.00 e. The third-order valence-corrected chi connectivity index (χ3v) is 4.71. The summed E-state index contributed by atoms with van der Waals surface area (Å²) in [5.74, 6) is 1.42. The Kier molecular flexibility index (Phi) is 8.65. The standard InChI is InChI=1S/C19H23BrN2O3.ClH/c1-23-18-9-15(11-22-12-16-5-3-7-24-16)8-17(20)19(18)25-13-14-4-2-6-21-10-14;/h2,4,6,8-10,16,22H,3,5,7,11-13H2,1H3;1H/p-1. The second-order valence-electron chi connectivity index (χ2n) is 6.02. The van der Waals surface area contributed by atoms with Crippen LogP contribution in [0.25, 0.3) is 0 Å². The molecular weight excluding hydrogens is 420 g/mol. The zero-order valence-electron chi connectivity index (χ0n) is 14.7. The lowest BCUT2D eigenvalue weighted by Crippen LogP contribution is -3.00. The first-order valence-electron chi connectivity index (χ1n) is 8.46. The lowest BCUT2D eigenvalue weighted by Gasteiger charge is -2.15. The Balaban J connectivity index is 0.00000243. The summed E-state index contributed by atoms with van der Waals surface area (Å²) < 4.78 is 18.0. The maximum Gasteiger partial charge on any atom is 0.175 e. The molecule has 0 aliphatic carbocycles. The Morgan fingerprint density at radius 1 is 1.35 bits per heavy atom. The molecule has 1 aliphatic heterocycles. The van der Waals surface area contributed by atoms with Gasteiger partial charge in [-0.2, -0.15) is 0 Å². The smallest absolute Gasteiger partial charge is 0.175 e. The van der Waals surface area contributed by atoms with Crippen LogP contribution in [0.5, 0.6) is 11.5 Å². The van der Waals surface area contributed by atoms with E-state index in [1.165, 1.54) is 0 Å². The highest BCUT2D eigenvalue weighted by Crippen LogP contribution is 2.37. The average Bonchev–Trinajstić information content (AvgIpc) is 3.15. The maximum atomic E-state index is 5.93. The number of aromatic nitrogens is 1. The van der Waals surface area contributed by atoms with Crippen molar-refractivity contribution in [3.63, 3.8) is 0 Å². The average molecular weight is 443 g/mol. The molecule has 3 rings (SSSR count). The predicted molar refractivity (Wildman–Crippen MR) is 99.9 cm³/mol. The van der Waals surface area contributed by atoms with Crippen LogP contribution >= 0.6 is 15.9 Å². The third kappa shape index (κ3) is 5.84. The SMILES string of the molecule is COc1cc(CNCC2CCCO2)cc(Br)c1OCc1cccnc1.[Cl-]. The molecule has 2 aromatic rings. The first-order valence-corrected chi connectivity index (χ1v) is 9.26. The highest BCUT2D eigenvalue weighted by Gasteiger charge is 2.15. The predicted octanol–water partition coefficient (Wildman–Crippen LogP) is 0.704. The van der Waals surface area contributed by atoms with Crippen molar-refractivity contribution >= 4 is 15.9 Å². The van der Waals surface area contributed by atoms with Crippen molar-refractivity contribution < 1.29 is 26.6 Å². The molecule has 0 amide bonds. The molecule has 1 atom stereocenters. The molecule has 0 bridgehead atoms. The van der Waals surface area contributed by atoms with Crippen LogP contribution in [0.1, 0.15) is 24.0 Å². The van der Waals surface area contributed by atoms with Crippen molar-refractivity contribution in [2.24, 2.45) is 0 Å². The number of methoxy groups -OCH3 is 1. The number of benzene rings is 1. The number of rotatable bonds is 8. The van der Waals surface area contributed by atoms with E-state index in [1.54, 1.807) is 19.5 Å². The first kappa shape index (κ1) is 21.0. The van der Waals surface area contributed by atoms with Crippen LogP contribution in [0.3, 0.4) is 0 Å². The van der Waals surface area contributed by atoms with Gasteiger partial charge in [0.2, 0.25) is 0 Å². The Hall–Kier alpha value is -1.34. The van der Waals surface area contributed by atoms with E-state index < -0.39 is 0 Å². The van der Waals surface area contributed by atoms with E-state index >= 15 is 0 Å². The molecular formula is C19H23BrClN2O3-. The van der Waals surface area contributed by atoms with Crippen LogP contribution in [0.2, 0.25) is 0 Å². The second kappa shape index (κ2) is 10.7. The number of nitrogens with zero attached hydrogens (tertiary/aromatic N) is 1. The first-order chi connectivity index (χ1) is 12.3. The van der Waals surface area contributed by atoms with E-state index in [4.69, 9.17) is 14.2 Å². The van der Waals surface area contributed by atoms with Crippen molar-refractivity contribution in [1.29, 1.82) is 0 Å². The van der Waals surface area contributed by atoms with Crippen molar-refractivity contribution in [1.82, 2.24) is 10.3 Å². The maximum absolute atomic E-state index is 5.93. The minimum atomic E-state index is 0. The van der Waals surface area contributed by atoms with E-state index in [0.717, 1.165) is 48.1 Å². The Morgan fingerprint density at radius 2 is 2.23 bits per heavy atom. The van der Waals surface area contributed by atoms with E-state index in [1.807, 2.05) is 18.2 Å². The second-order valence-corrected chi connectivity index (χ2v) is 6.88. The van der Waals surface area contributed by atoms with Gasteiger partial charge in [0.15, 0.2) is 11.5 Å². The lowest BCUT2D eigenvalue weighted by atomic mass is 10.2. The van der Waals surface area contributed by atoms with Crippen molar-refractivity contribution in [2.75, 3.05) is 20.3 Å². The molecule has 1 fully saturated rings. The Morgan fingerprint density at radius 3 is 2.92 bits per heavy atom. The molecule has 26 heavy (non-hydrogen) atoms. The van der Waals surface area contributed by atoms with Gasteiger partial charge in [-0.1, -0.05) is 6.07 Å². The van der Waals surface area contributed by atoms with Crippen LogP contribution < -0.4 is 27.2 Å². The minimum absolute atomic E-state index is 0. The van der Waals surface area contributed by atoms with E-state index in [9.17, 15) is 0 Å². The summed E-state index contributed by atoms with van der Waals surface area (Å²) >= 11 is 3.60. The van der Waals surface area contributed by atoms with Crippen LogP contribution in [-0.4, -0.2) is 31.3 Å². The van der Waals surface area contributed by atoms with E-state index in [-0.39, 0.29) is 12.4 Å². The van der Waals surface area contributed by atoms with Gasteiger partial charge in [-0.3, -0.25) is 4.98 Å². The van der Waals surface area contributed by atoms with Crippen LogP contribution in [-0.2, 0) is 17.9 Å². The molecule has 0 saturated carbocycles. The van der Waals surface area contributed by atoms with Gasteiger partial charge in [-0.05, 0) is 52.5 Å². The van der Waals surface area contributed by atoms with E-state index in [2.05, 4.69) is 32.3 Å². The fourth-order valence-corrected chi connectivity index (χ4v) is 3.44. The fraction of sp³-hybridized carbons (Fsp3) is 0.421. The van der Waals surface area contributed by atoms with Gasteiger partial charge in [0.25, 0.3) is 0 Å². The number of hydrogen-bond acceptors (Lipinski definition) is 5. The molecule has 2 heterocycles. The summed E-state index contributed by atoms with van der Waals surface area (Å²) in [4.78, 5) is 4.10.